The van der Waals surface area contributed by atoms with E-state index in [1.54, 1.807) is 37.4 Å². The largest absolute Gasteiger partial charge is 0.497 e. The number of benzene rings is 2. The molecule has 0 aliphatic heterocycles. The van der Waals surface area contributed by atoms with Gasteiger partial charge in [0.2, 0.25) is 0 Å². The molecule has 7 heteroatoms. The average molecular weight is 397 g/mol. The van der Waals surface area contributed by atoms with E-state index in [1.165, 1.54) is 13.3 Å². The second kappa shape index (κ2) is 9.73. The highest BCUT2D eigenvalue weighted by molar-refractivity contribution is 5.96. The summed E-state index contributed by atoms with van der Waals surface area (Å²) in [6, 6.07) is 12.6. The van der Waals surface area contributed by atoms with Crippen LogP contribution in [-0.4, -0.2) is 38.8 Å². The topological polar surface area (TPSA) is 89.0 Å². The van der Waals surface area contributed by atoms with E-state index in [9.17, 15) is 9.59 Å². The Hall–Kier alpha value is -3.35. The molecule has 2 rings (SSSR count). The summed E-state index contributed by atoms with van der Waals surface area (Å²) in [5, 5.41) is 6.48. The molecule has 0 saturated carbocycles. The van der Waals surface area contributed by atoms with E-state index in [-0.39, 0.29) is 17.9 Å². The first kappa shape index (κ1) is 21.9. The van der Waals surface area contributed by atoms with E-state index < -0.39 is 5.91 Å². The lowest BCUT2D eigenvalue weighted by Crippen LogP contribution is -2.34. The van der Waals surface area contributed by atoms with Gasteiger partial charge in [0.05, 0.1) is 27.0 Å². The van der Waals surface area contributed by atoms with Crippen LogP contribution >= 0.6 is 0 Å². The third-order valence-electron chi connectivity index (χ3n) is 4.26. The third-order valence-corrected chi connectivity index (χ3v) is 4.26. The van der Waals surface area contributed by atoms with Gasteiger partial charge in [0, 0.05) is 17.2 Å². The van der Waals surface area contributed by atoms with Crippen molar-refractivity contribution in [2.24, 2.45) is 5.10 Å². The summed E-state index contributed by atoms with van der Waals surface area (Å²) in [5.74, 6) is 0.463. The summed E-state index contributed by atoms with van der Waals surface area (Å²) >= 11 is 0. The van der Waals surface area contributed by atoms with Gasteiger partial charge in [-0.05, 0) is 35.2 Å². The van der Waals surface area contributed by atoms with Gasteiger partial charge in [-0.2, -0.15) is 5.10 Å². The van der Waals surface area contributed by atoms with Crippen LogP contribution < -0.4 is 20.2 Å². The molecule has 0 aliphatic carbocycles. The number of ether oxygens (including phenoxy) is 2. The van der Waals surface area contributed by atoms with Gasteiger partial charge >= 0.3 is 0 Å². The Morgan fingerprint density at radius 3 is 2.31 bits per heavy atom. The van der Waals surface area contributed by atoms with Crippen molar-refractivity contribution in [1.82, 2.24) is 10.7 Å². The van der Waals surface area contributed by atoms with Crippen LogP contribution in [0.5, 0.6) is 11.5 Å². The van der Waals surface area contributed by atoms with Gasteiger partial charge in [-0.1, -0.05) is 32.9 Å². The monoisotopic (exact) mass is 397 g/mol. The van der Waals surface area contributed by atoms with E-state index >= 15 is 0 Å². The van der Waals surface area contributed by atoms with Crippen molar-refractivity contribution in [1.29, 1.82) is 0 Å². The Labute approximate surface area is 171 Å². The minimum Gasteiger partial charge on any atom is -0.497 e. The van der Waals surface area contributed by atoms with Gasteiger partial charge in [-0.3, -0.25) is 9.59 Å². The average Bonchev–Trinajstić information content (AvgIpc) is 2.71. The second-order valence-electron chi connectivity index (χ2n) is 7.41. The molecule has 0 aliphatic rings. The lowest BCUT2D eigenvalue weighted by atomic mass is 9.87. The van der Waals surface area contributed by atoms with Crippen LogP contribution in [0.1, 0.15) is 42.3 Å². The number of amides is 2. The second-order valence-corrected chi connectivity index (χ2v) is 7.41. The predicted molar refractivity (Wildman–Crippen MR) is 113 cm³/mol. The number of nitrogens with one attached hydrogen (secondary N) is 2. The number of rotatable bonds is 7. The molecule has 0 radical (unpaired) electrons. The van der Waals surface area contributed by atoms with E-state index in [2.05, 4.69) is 36.6 Å². The number of hydrogen-bond acceptors (Lipinski definition) is 5. The van der Waals surface area contributed by atoms with E-state index in [4.69, 9.17) is 9.47 Å². The molecule has 2 amide bonds. The number of hydrogen-bond donors (Lipinski definition) is 2. The van der Waals surface area contributed by atoms with Crippen molar-refractivity contribution in [2.75, 3.05) is 20.8 Å². The van der Waals surface area contributed by atoms with Crippen molar-refractivity contribution in [3.63, 3.8) is 0 Å². The van der Waals surface area contributed by atoms with Crippen LogP contribution in [0, 0.1) is 0 Å². The van der Waals surface area contributed by atoms with Crippen LogP contribution in [0.4, 0.5) is 0 Å². The zero-order valence-electron chi connectivity index (χ0n) is 17.4. The lowest BCUT2D eigenvalue weighted by Gasteiger charge is -2.19. The van der Waals surface area contributed by atoms with Gasteiger partial charge in [0.15, 0.2) is 0 Å². The molecule has 0 bridgehead atoms. The molecule has 2 aromatic rings. The van der Waals surface area contributed by atoms with Crippen molar-refractivity contribution < 1.29 is 19.1 Å². The zero-order valence-corrected chi connectivity index (χ0v) is 17.4. The first-order valence-corrected chi connectivity index (χ1v) is 9.17. The smallest absolute Gasteiger partial charge is 0.259 e. The summed E-state index contributed by atoms with van der Waals surface area (Å²) in [7, 11) is 3.10. The number of carbonyl (C=O) groups is 2. The highest BCUT2D eigenvalue weighted by Gasteiger charge is 2.14. The van der Waals surface area contributed by atoms with Crippen LogP contribution in [0.2, 0.25) is 0 Å². The SMILES string of the molecule is COc1ccc(/C=N/NC(=O)CNC(=O)c2ccc(C(C)(C)C)cc2)c(OC)c1. The first-order chi connectivity index (χ1) is 13.7. The van der Waals surface area contributed by atoms with Gasteiger partial charge in [-0.25, -0.2) is 5.43 Å². The molecule has 7 nitrogen and oxygen atoms in total. The lowest BCUT2D eigenvalue weighted by molar-refractivity contribution is -0.120. The minimum atomic E-state index is -0.437. The van der Waals surface area contributed by atoms with E-state index in [0.717, 1.165) is 5.56 Å². The van der Waals surface area contributed by atoms with E-state index in [0.29, 0.717) is 22.6 Å². The molecular weight excluding hydrogens is 370 g/mol. The fourth-order valence-corrected chi connectivity index (χ4v) is 2.52. The van der Waals surface area contributed by atoms with Gasteiger partial charge in [0.25, 0.3) is 11.8 Å². The van der Waals surface area contributed by atoms with Crippen molar-refractivity contribution in [3.8, 4) is 11.5 Å². The fourth-order valence-electron chi connectivity index (χ4n) is 2.52. The van der Waals surface area contributed by atoms with Crippen molar-refractivity contribution in [3.05, 3.63) is 59.2 Å². The third kappa shape index (κ3) is 6.34. The molecular formula is C22H27N3O4. The molecule has 2 N–H and O–H groups in total. The van der Waals surface area contributed by atoms with Crippen molar-refractivity contribution >= 4 is 18.0 Å². The van der Waals surface area contributed by atoms with Crippen LogP contribution in [0.25, 0.3) is 0 Å². The van der Waals surface area contributed by atoms with Gasteiger partial charge < -0.3 is 14.8 Å². The fraction of sp³-hybridized carbons (Fsp3) is 0.318. The van der Waals surface area contributed by atoms with Crippen LogP contribution in [0.15, 0.2) is 47.6 Å². The molecule has 0 heterocycles. The Kier molecular flexibility index (Phi) is 7.36. The van der Waals surface area contributed by atoms with Crippen molar-refractivity contribution in [2.45, 2.75) is 26.2 Å². The molecule has 0 saturated heterocycles. The normalized spacial score (nSPS) is 11.2. The van der Waals surface area contributed by atoms with Crippen LogP contribution in [0.3, 0.4) is 0 Å². The predicted octanol–water partition coefficient (Wildman–Crippen LogP) is 2.88. The summed E-state index contributed by atoms with van der Waals surface area (Å²) < 4.78 is 10.4. The summed E-state index contributed by atoms with van der Waals surface area (Å²) in [6.45, 7) is 6.13. The summed E-state index contributed by atoms with van der Waals surface area (Å²) in [5.41, 5.74) is 4.70. The zero-order chi connectivity index (χ0) is 21.4. The Morgan fingerprint density at radius 2 is 1.72 bits per heavy atom. The maximum Gasteiger partial charge on any atom is 0.259 e. The quantitative estimate of drug-likeness (QED) is 0.555. The van der Waals surface area contributed by atoms with E-state index in [1.807, 2.05) is 12.1 Å². The molecule has 0 atom stereocenters. The van der Waals surface area contributed by atoms with Gasteiger partial charge in [-0.15, -0.1) is 0 Å². The maximum absolute atomic E-state index is 12.2. The van der Waals surface area contributed by atoms with Crippen LogP contribution in [-0.2, 0) is 10.2 Å². The molecule has 154 valence electrons. The summed E-state index contributed by atoms with van der Waals surface area (Å²) in [4.78, 5) is 24.1. The number of carbonyl (C=O) groups excluding carboxylic acids is 2. The maximum atomic E-state index is 12.2. The molecule has 0 fully saturated rings. The molecule has 0 spiro atoms. The Balaban J connectivity index is 1.87. The van der Waals surface area contributed by atoms with Gasteiger partial charge in [0.1, 0.15) is 11.5 Å². The highest BCUT2D eigenvalue weighted by atomic mass is 16.5. The minimum absolute atomic E-state index is 0.0134. The Bertz CT molecular complexity index is 884. The molecule has 0 unspecified atom stereocenters. The number of hydrazone groups is 1. The number of methoxy groups -OCH3 is 2. The number of nitrogens with zero attached hydrogens (tertiary/aromatic N) is 1. The molecule has 2 aromatic carbocycles. The highest BCUT2D eigenvalue weighted by Crippen LogP contribution is 2.23. The Morgan fingerprint density at radius 1 is 1.03 bits per heavy atom. The standard InChI is InChI=1S/C22H27N3O4/c1-22(2,3)17-9-6-15(7-10-17)21(27)23-14-20(26)25-24-13-16-8-11-18(28-4)12-19(16)29-5/h6-13H,14H2,1-5H3,(H,23,27)(H,25,26)/b24-13+. The first-order valence-electron chi connectivity index (χ1n) is 9.17. The molecule has 0 aromatic heterocycles. The summed E-state index contributed by atoms with van der Waals surface area (Å²) in [6.07, 6.45) is 1.46. The molecule has 29 heavy (non-hydrogen) atoms.